The SMILES string of the molecule is C[N+](C)(C)Cc1ccc(C(=O)O)cc1.NCc1ccc(C(=O)O)cc1. The van der Waals surface area contributed by atoms with Crippen molar-refractivity contribution in [2.75, 3.05) is 21.1 Å². The lowest BCUT2D eigenvalue weighted by Crippen LogP contribution is -2.33. The van der Waals surface area contributed by atoms with Gasteiger partial charge < -0.3 is 20.4 Å². The number of nitrogens with two attached hydrogens (primary N) is 1. The van der Waals surface area contributed by atoms with Gasteiger partial charge in [0.25, 0.3) is 0 Å². The van der Waals surface area contributed by atoms with Gasteiger partial charge in [-0.3, -0.25) is 0 Å². The molecule has 0 heterocycles. The zero-order valence-electron chi connectivity index (χ0n) is 14.8. The summed E-state index contributed by atoms with van der Waals surface area (Å²) in [6.07, 6.45) is 0. The van der Waals surface area contributed by atoms with Crippen molar-refractivity contribution in [3.8, 4) is 0 Å². The molecule has 0 amide bonds. The molecular formula is C19H25N2O4+. The van der Waals surface area contributed by atoms with Crippen LogP contribution < -0.4 is 5.73 Å². The van der Waals surface area contributed by atoms with Crippen LogP contribution >= 0.6 is 0 Å². The lowest BCUT2D eigenvalue weighted by Gasteiger charge is -2.23. The molecule has 134 valence electrons. The molecule has 0 bridgehead atoms. The molecule has 0 aromatic heterocycles. The summed E-state index contributed by atoms with van der Waals surface area (Å²) in [5.41, 5.74) is 8.06. The van der Waals surface area contributed by atoms with E-state index in [-0.39, 0.29) is 0 Å². The van der Waals surface area contributed by atoms with Gasteiger partial charge in [-0.2, -0.15) is 0 Å². The number of aromatic carboxylic acids is 2. The van der Waals surface area contributed by atoms with E-state index in [1.807, 2.05) is 12.1 Å². The van der Waals surface area contributed by atoms with Crippen LogP contribution in [0.1, 0.15) is 31.8 Å². The van der Waals surface area contributed by atoms with E-state index in [2.05, 4.69) is 21.1 Å². The molecule has 2 rings (SSSR count). The Morgan fingerprint density at radius 2 is 1.16 bits per heavy atom. The summed E-state index contributed by atoms with van der Waals surface area (Å²) in [7, 11) is 6.31. The average Bonchev–Trinajstić information content (AvgIpc) is 2.54. The van der Waals surface area contributed by atoms with E-state index < -0.39 is 11.9 Å². The Kier molecular flexibility index (Phi) is 7.29. The molecule has 6 nitrogen and oxygen atoms in total. The van der Waals surface area contributed by atoms with Crippen molar-refractivity contribution in [3.63, 3.8) is 0 Å². The van der Waals surface area contributed by atoms with Gasteiger partial charge in [-0.05, 0) is 29.8 Å². The number of benzene rings is 2. The van der Waals surface area contributed by atoms with Gasteiger partial charge in [0.1, 0.15) is 6.54 Å². The van der Waals surface area contributed by atoms with Crippen molar-refractivity contribution in [2.24, 2.45) is 5.73 Å². The Balaban J connectivity index is 0.000000257. The maximum absolute atomic E-state index is 10.6. The van der Waals surface area contributed by atoms with Crippen molar-refractivity contribution < 1.29 is 24.3 Å². The molecular weight excluding hydrogens is 320 g/mol. The van der Waals surface area contributed by atoms with Crippen molar-refractivity contribution in [1.82, 2.24) is 0 Å². The minimum Gasteiger partial charge on any atom is -0.478 e. The molecule has 0 radical (unpaired) electrons. The topological polar surface area (TPSA) is 101 Å². The number of carbonyl (C=O) groups is 2. The van der Waals surface area contributed by atoms with E-state index >= 15 is 0 Å². The normalized spacial score (nSPS) is 10.6. The molecule has 2 aromatic rings. The summed E-state index contributed by atoms with van der Waals surface area (Å²) >= 11 is 0. The Labute approximate surface area is 147 Å². The summed E-state index contributed by atoms with van der Waals surface area (Å²) < 4.78 is 0.840. The van der Waals surface area contributed by atoms with Gasteiger partial charge in [0.15, 0.2) is 0 Å². The number of quaternary nitrogens is 1. The molecule has 0 aliphatic heterocycles. The fourth-order valence-electron chi connectivity index (χ4n) is 2.08. The highest BCUT2D eigenvalue weighted by Gasteiger charge is 2.09. The third-order valence-corrected chi connectivity index (χ3v) is 3.29. The molecule has 0 aliphatic carbocycles. The fraction of sp³-hybridized carbons (Fsp3) is 0.263. The standard InChI is InChI=1S/C11H15NO2.C8H9NO2/c1-12(2,3)8-9-4-6-10(7-5-9)11(13)14;9-5-6-1-3-7(4-2-6)8(10)11/h4-7H,8H2,1-3H3;1-4H,5,9H2,(H,10,11)/p+1. The molecule has 0 unspecified atom stereocenters. The summed E-state index contributed by atoms with van der Waals surface area (Å²) in [5, 5.41) is 17.2. The summed E-state index contributed by atoms with van der Waals surface area (Å²) in [6, 6.07) is 13.5. The van der Waals surface area contributed by atoms with Crippen LogP contribution in [-0.4, -0.2) is 47.8 Å². The molecule has 0 saturated carbocycles. The second kappa shape index (κ2) is 8.96. The first-order valence-corrected chi connectivity index (χ1v) is 7.77. The molecule has 0 fully saturated rings. The van der Waals surface area contributed by atoms with Gasteiger partial charge in [-0.25, -0.2) is 9.59 Å². The highest BCUT2D eigenvalue weighted by atomic mass is 16.4. The third kappa shape index (κ3) is 7.60. The number of hydrogen-bond acceptors (Lipinski definition) is 3. The lowest BCUT2D eigenvalue weighted by molar-refractivity contribution is -0.884. The first-order chi connectivity index (χ1) is 11.6. The highest BCUT2D eigenvalue weighted by molar-refractivity contribution is 5.87. The Hall–Kier alpha value is -2.70. The maximum atomic E-state index is 10.6. The number of nitrogens with zero attached hydrogens (tertiary/aromatic N) is 1. The largest absolute Gasteiger partial charge is 0.478 e. The van der Waals surface area contributed by atoms with Crippen LogP contribution in [0.4, 0.5) is 0 Å². The third-order valence-electron chi connectivity index (χ3n) is 3.29. The summed E-state index contributed by atoms with van der Waals surface area (Å²) in [4.78, 5) is 21.0. The van der Waals surface area contributed by atoms with Gasteiger partial charge in [0, 0.05) is 12.1 Å². The number of carboxylic acid groups (broad SMARTS) is 2. The molecule has 0 saturated heterocycles. The van der Waals surface area contributed by atoms with Crippen molar-refractivity contribution in [3.05, 3.63) is 70.8 Å². The Morgan fingerprint density at radius 3 is 1.44 bits per heavy atom. The molecule has 0 aliphatic rings. The predicted octanol–water partition coefficient (Wildman–Crippen LogP) is 2.43. The van der Waals surface area contributed by atoms with Gasteiger partial charge in [-0.15, -0.1) is 0 Å². The van der Waals surface area contributed by atoms with E-state index in [4.69, 9.17) is 15.9 Å². The zero-order chi connectivity index (χ0) is 19.0. The van der Waals surface area contributed by atoms with Crippen LogP contribution in [0.3, 0.4) is 0 Å². The molecule has 4 N–H and O–H groups in total. The molecule has 2 aromatic carbocycles. The zero-order valence-corrected chi connectivity index (χ0v) is 14.8. The van der Waals surface area contributed by atoms with Crippen molar-refractivity contribution >= 4 is 11.9 Å². The lowest BCUT2D eigenvalue weighted by atomic mass is 10.1. The van der Waals surface area contributed by atoms with E-state index in [0.29, 0.717) is 17.7 Å². The Bertz CT molecular complexity index is 702. The maximum Gasteiger partial charge on any atom is 0.335 e. The van der Waals surface area contributed by atoms with Crippen LogP contribution in [0.2, 0.25) is 0 Å². The van der Waals surface area contributed by atoms with Crippen LogP contribution in [0.5, 0.6) is 0 Å². The van der Waals surface area contributed by atoms with Gasteiger partial charge in [0.2, 0.25) is 0 Å². The summed E-state index contributed by atoms with van der Waals surface area (Å²) in [5.74, 6) is -1.78. The fourth-order valence-corrected chi connectivity index (χ4v) is 2.08. The van der Waals surface area contributed by atoms with Gasteiger partial charge in [-0.1, -0.05) is 24.3 Å². The van der Waals surface area contributed by atoms with Crippen molar-refractivity contribution in [1.29, 1.82) is 0 Å². The summed E-state index contributed by atoms with van der Waals surface area (Å²) in [6.45, 7) is 1.35. The highest BCUT2D eigenvalue weighted by Crippen LogP contribution is 2.09. The van der Waals surface area contributed by atoms with E-state index in [9.17, 15) is 9.59 Å². The van der Waals surface area contributed by atoms with Crippen LogP contribution in [-0.2, 0) is 13.1 Å². The quantitative estimate of drug-likeness (QED) is 0.723. The smallest absolute Gasteiger partial charge is 0.335 e. The van der Waals surface area contributed by atoms with Gasteiger partial charge in [0.05, 0.1) is 32.3 Å². The number of hydrogen-bond donors (Lipinski definition) is 3. The van der Waals surface area contributed by atoms with Crippen molar-refractivity contribution in [2.45, 2.75) is 13.1 Å². The van der Waals surface area contributed by atoms with Crippen LogP contribution in [0.25, 0.3) is 0 Å². The van der Waals surface area contributed by atoms with Crippen LogP contribution in [0, 0.1) is 0 Å². The first kappa shape index (κ1) is 20.3. The second-order valence-corrected chi connectivity index (χ2v) is 6.66. The minimum atomic E-state index is -0.909. The van der Waals surface area contributed by atoms with Crippen LogP contribution in [0.15, 0.2) is 48.5 Å². The Morgan fingerprint density at radius 1 is 0.800 bits per heavy atom. The number of carboxylic acids is 2. The molecule has 0 atom stereocenters. The van der Waals surface area contributed by atoms with E-state index in [0.717, 1.165) is 22.2 Å². The average molecular weight is 345 g/mol. The van der Waals surface area contributed by atoms with E-state index in [1.54, 1.807) is 36.4 Å². The monoisotopic (exact) mass is 345 g/mol. The minimum absolute atomic E-state index is 0.294. The first-order valence-electron chi connectivity index (χ1n) is 7.77. The molecule has 25 heavy (non-hydrogen) atoms. The number of rotatable bonds is 5. The van der Waals surface area contributed by atoms with E-state index in [1.165, 1.54) is 0 Å². The second-order valence-electron chi connectivity index (χ2n) is 6.66. The van der Waals surface area contributed by atoms with Gasteiger partial charge >= 0.3 is 11.9 Å². The molecule has 0 spiro atoms. The molecule has 6 heteroatoms. The predicted molar refractivity (Wildman–Crippen MR) is 96.4 cm³/mol.